The van der Waals surface area contributed by atoms with Crippen LogP contribution in [0.5, 0.6) is 0 Å². The summed E-state index contributed by atoms with van der Waals surface area (Å²) in [6, 6.07) is 0. The van der Waals surface area contributed by atoms with Crippen LogP contribution in [-0.2, 0) is 9.47 Å². The molecule has 2 aliphatic heterocycles. The Kier molecular flexibility index (Phi) is 6.79. The molecule has 112 valence electrons. The molecule has 5 atom stereocenters. The molecule has 0 bridgehead atoms. The van der Waals surface area contributed by atoms with Crippen LogP contribution >= 0.6 is 23.5 Å². The summed E-state index contributed by atoms with van der Waals surface area (Å²) in [5.74, 6) is 3.90. The predicted octanol–water partition coefficient (Wildman–Crippen LogP) is 1.20. The Morgan fingerprint density at radius 1 is 1.16 bits per heavy atom. The minimum atomic E-state index is -0.475. The number of hydrogen-bond donors (Lipinski definition) is 2. The number of ether oxygens (including phenoxy) is 2. The van der Waals surface area contributed by atoms with E-state index in [4.69, 9.17) is 9.47 Å². The van der Waals surface area contributed by atoms with Gasteiger partial charge in [0.05, 0.1) is 18.3 Å². The number of aliphatic hydroxyl groups excluding tert-OH is 2. The smallest absolute Gasteiger partial charge is 0.146 e. The molecule has 0 saturated carbocycles. The maximum atomic E-state index is 10.6. The lowest BCUT2D eigenvalue weighted by molar-refractivity contribution is -0.119. The van der Waals surface area contributed by atoms with Gasteiger partial charge in [0.2, 0.25) is 0 Å². The van der Waals surface area contributed by atoms with Crippen LogP contribution in [-0.4, -0.2) is 65.4 Å². The van der Waals surface area contributed by atoms with Crippen molar-refractivity contribution in [2.75, 3.05) is 36.9 Å². The van der Waals surface area contributed by atoms with Gasteiger partial charge in [-0.2, -0.15) is 23.5 Å². The third-order valence-corrected chi connectivity index (χ3v) is 6.26. The van der Waals surface area contributed by atoms with Crippen molar-refractivity contribution in [1.29, 1.82) is 0 Å². The highest BCUT2D eigenvalue weighted by atomic mass is 32.2. The van der Waals surface area contributed by atoms with Crippen molar-refractivity contribution in [2.45, 2.75) is 31.2 Å². The van der Waals surface area contributed by atoms with Gasteiger partial charge in [0.1, 0.15) is 6.79 Å². The van der Waals surface area contributed by atoms with Gasteiger partial charge in [-0.3, -0.25) is 0 Å². The molecule has 0 radical (unpaired) electrons. The zero-order chi connectivity index (χ0) is 13.7. The molecule has 0 aliphatic carbocycles. The van der Waals surface area contributed by atoms with E-state index in [2.05, 4.69) is 0 Å². The molecule has 0 aromatic rings. The molecule has 6 heteroatoms. The predicted molar refractivity (Wildman–Crippen MR) is 79.6 cm³/mol. The van der Waals surface area contributed by atoms with E-state index in [1.165, 1.54) is 0 Å². The van der Waals surface area contributed by atoms with Crippen molar-refractivity contribution in [1.82, 2.24) is 0 Å². The largest absolute Gasteiger partial charge is 0.393 e. The first-order chi connectivity index (χ1) is 9.24. The summed E-state index contributed by atoms with van der Waals surface area (Å²) in [7, 11) is 1.62. The van der Waals surface area contributed by atoms with Gasteiger partial charge in [-0.15, -0.1) is 0 Å². The van der Waals surface area contributed by atoms with E-state index in [0.717, 1.165) is 35.9 Å². The van der Waals surface area contributed by atoms with Crippen LogP contribution in [0.3, 0.4) is 0 Å². The zero-order valence-electron chi connectivity index (χ0n) is 11.4. The molecule has 2 aliphatic rings. The standard InChI is InChI=1S/C13H24O4S2/c1-16-8-17-12-3-5-19-7-10(12)13(15)9-6-18-4-2-11(9)14/h9-15H,2-8H2,1H3/t9-,10-,11+,12+,13-/m0/s1. The van der Waals surface area contributed by atoms with Crippen molar-refractivity contribution in [3.8, 4) is 0 Å². The van der Waals surface area contributed by atoms with Gasteiger partial charge < -0.3 is 19.7 Å². The highest BCUT2D eigenvalue weighted by Crippen LogP contribution is 2.35. The molecule has 2 fully saturated rings. The van der Waals surface area contributed by atoms with Gasteiger partial charge in [-0.1, -0.05) is 0 Å². The van der Waals surface area contributed by atoms with Crippen molar-refractivity contribution in [2.24, 2.45) is 11.8 Å². The van der Waals surface area contributed by atoms with E-state index >= 15 is 0 Å². The van der Waals surface area contributed by atoms with Gasteiger partial charge >= 0.3 is 0 Å². The van der Waals surface area contributed by atoms with Crippen LogP contribution in [0.15, 0.2) is 0 Å². The molecular formula is C13H24O4S2. The van der Waals surface area contributed by atoms with Crippen LogP contribution in [0, 0.1) is 11.8 Å². The van der Waals surface area contributed by atoms with Gasteiger partial charge in [0.15, 0.2) is 0 Å². The van der Waals surface area contributed by atoms with Gasteiger partial charge in [-0.05, 0) is 24.3 Å². The molecule has 2 N–H and O–H groups in total. The number of aliphatic hydroxyl groups is 2. The monoisotopic (exact) mass is 308 g/mol. The van der Waals surface area contributed by atoms with E-state index in [1.807, 2.05) is 23.5 Å². The van der Waals surface area contributed by atoms with Crippen molar-refractivity contribution in [3.63, 3.8) is 0 Å². The summed E-state index contributed by atoms with van der Waals surface area (Å²) < 4.78 is 10.7. The normalized spacial score (nSPS) is 38.1. The van der Waals surface area contributed by atoms with Crippen molar-refractivity contribution < 1.29 is 19.7 Å². The number of hydrogen-bond acceptors (Lipinski definition) is 6. The van der Waals surface area contributed by atoms with Crippen LogP contribution in [0.4, 0.5) is 0 Å². The highest BCUT2D eigenvalue weighted by Gasteiger charge is 2.39. The molecule has 0 unspecified atom stereocenters. The van der Waals surface area contributed by atoms with E-state index in [9.17, 15) is 10.2 Å². The maximum absolute atomic E-state index is 10.6. The third-order valence-electron chi connectivity index (χ3n) is 3.97. The summed E-state index contributed by atoms with van der Waals surface area (Å²) in [6.07, 6.45) is 0.945. The van der Waals surface area contributed by atoms with E-state index < -0.39 is 6.10 Å². The summed E-state index contributed by atoms with van der Waals surface area (Å²) >= 11 is 3.69. The lowest BCUT2D eigenvalue weighted by Crippen LogP contribution is -2.47. The number of rotatable bonds is 5. The fourth-order valence-electron chi connectivity index (χ4n) is 2.81. The second kappa shape index (κ2) is 8.10. The molecule has 4 nitrogen and oxygen atoms in total. The highest BCUT2D eigenvalue weighted by molar-refractivity contribution is 7.99. The molecular weight excluding hydrogens is 284 g/mol. The number of thioether (sulfide) groups is 2. The van der Waals surface area contributed by atoms with Gasteiger partial charge in [-0.25, -0.2) is 0 Å². The first kappa shape index (κ1) is 15.9. The lowest BCUT2D eigenvalue weighted by atomic mass is 9.84. The summed E-state index contributed by atoms with van der Waals surface area (Å²) in [5.41, 5.74) is 0. The Morgan fingerprint density at radius 2 is 1.84 bits per heavy atom. The topological polar surface area (TPSA) is 58.9 Å². The lowest BCUT2D eigenvalue weighted by Gasteiger charge is -2.40. The van der Waals surface area contributed by atoms with E-state index in [0.29, 0.717) is 0 Å². The Balaban J connectivity index is 1.95. The second-order valence-electron chi connectivity index (χ2n) is 5.22. The van der Waals surface area contributed by atoms with E-state index in [-0.39, 0.29) is 30.8 Å². The first-order valence-electron chi connectivity index (χ1n) is 6.86. The van der Waals surface area contributed by atoms with Crippen LogP contribution in [0.25, 0.3) is 0 Å². The molecule has 2 saturated heterocycles. The molecule has 0 amide bonds. The van der Waals surface area contributed by atoms with Gasteiger partial charge in [0, 0.05) is 30.5 Å². The van der Waals surface area contributed by atoms with Crippen molar-refractivity contribution in [3.05, 3.63) is 0 Å². The van der Waals surface area contributed by atoms with E-state index in [1.54, 1.807) is 7.11 Å². The Labute approximate surface area is 123 Å². The van der Waals surface area contributed by atoms with Gasteiger partial charge in [0.25, 0.3) is 0 Å². The summed E-state index contributed by atoms with van der Waals surface area (Å²) in [5, 5.41) is 20.7. The summed E-state index contributed by atoms with van der Waals surface area (Å²) in [6.45, 7) is 0.278. The average Bonchev–Trinajstić information content (AvgIpc) is 2.45. The maximum Gasteiger partial charge on any atom is 0.146 e. The average molecular weight is 308 g/mol. The molecule has 0 aromatic heterocycles. The Bertz CT molecular complexity index is 267. The van der Waals surface area contributed by atoms with Crippen molar-refractivity contribution >= 4 is 23.5 Å². The second-order valence-corrected chi connectivity index (χ2v) is 7.52. The number of methoxy groups -OCH3 is 1. The molecule has 19 heavy (non-hydrogen) atoms. The fourth-order valence-corrected chi connectivity index (χ4v) is 5.33. The zero-order valence-corrected chi connectivity index (χ0v) is 13.0. The minimum absolute atomic E-state index is 0.0175. The Hall–Kier alpha value is 0.540. The Morgan fingerprint density at radius 3 is 2.53 bits per heavy atom. The molecule has 2 heterocycles. The van der Waals surface area contributed by atoms with Crippen LogP contribution < -0.4 is 0 Å². The quantitative estimate of drug-likeness (QED) is 0.745. The van der Waals surface area contributed by atoms with Crippen LogP contribution in [0.2, 0.25) is 0 Å². The minimum Gasteiger partial charge on any atom is -0.393 e. The fraction of sp³-hybridized carbons (Fsp3) is 1.00. The molecule has 0 aromatic carbocycles. The molecule has 0 spiro atoms. The SMILES string of the molecule is COCO[C@@H]1CCSC[C@@H]1[C@@H](O)[C@H]1CSCC[C@H]1O. The first-order valence-corrected chi connectivity index (χ1v) is 9.17. The third kappa shape index (κ3) is 4.25. The molecule has 2 rings (SSSR count). The summed E-state index contributed by atoms with van der Waals surface area (Å²) in [4.78, 5) is 0. The van der Waals surface area contributed by atoms with Crippen LogP contribution in [0.1, 0.15) is 12.8 Å².